The van der Waals surface area contributed by atoms with E-state index in [1.165, 1.54) is 10.9 Å². The number of aromatic nitrogens is 2. The van der Waals surface area contributed by atoms with Gasteiger partial charge in [0.1, 0.15) is 5.75 Å². The van der Waals surface area contributed by atoms with Crippen LogP contribution in [-0.4, -0.2) is 29.1 Å². The molecule has 0 aliphatic rings. The third kappa shape index (κ3) is 5.89. The van der Waals surface area contributed by atoms with E-state index in [2.05, 4.69) is 81.7 Å². The molecule has 0 aliphatic heterocycles. The summed E-state index contributed by atoms with van der Waals surface area (Å²) in [5, 5.41) is 4.28. The molecule has 1 N–H and O–H groups in total. The fraction of sp³-hybridized carbons (Fsp3) is 0.188. The molecule has 5 aromatic rings. The van der Waals surface area contributed by atoms with Crippen LogP contribution in [0.25, 0.3) is 10.9 Å². The Labute approximate surface area is 217 Å². The van der Waals surface area contributed by atoms with E-state index in [0.29, 0.717) is 19.4 Å². The molecule has 5 heteroatoms. The standard InChI is InChI=1S/C32H31N3O2/c1-37-27-16-14-25(15-17-27)29(21-32(36)34-20-18-26-11-7-8-19-33-26)30-23-35(22-24-9-3-2-4-10-24)31-13-6-5-12-28(30)31/h2-17,19,23,29H,18,20-22H2,1H3,(H,34,36)/t29-/m1/s1. The lowest BCUT2D eigenvalue weighted by Gasteiger charge is -2.18. The molecule has 1 amide bonds. The molecule has 2 heterocycles. The minimum Gasteiger partial charge on any atom is -0.497 e. The van der Waals surface area contributed by atoms with Crippen LogP contribution in [0.3, 0.4) is 0 Å². The van der Waals surface area contributed by atoms with Crippen LogP contribution in [0.1, 0.15) is 34.7 Å². The van der Waals surface area contributed by atoms with Gasteiger partial charge in [-0.25, -0.2) is 0 Å². The monoisotopic (exact) mass is 489 g/mol. The Morgan fingerprint density at radius 1 is 0.919 bits per heavy atom. The number of ether oxygens (including phenoxy) is 1. The van der Waals surface area contributed by atoms with Gasteiger partial charge in [0.2, 0.25) is 5.91 Å². The van der Waals surface area contributed by atoms with Gasteiger partial charge in [-0.05, 0) is 47.0 Å². The van der Waals surface area contributed by atoms with Gasteiger partial charge in [-0.15, -0.1) is 0 Å². The van der Waals surface area contributed by atoms with Crippen molar-refractivity contribution in [1.82, 2.24) is 14.9 Å². The lowest BCUT2D eigenvalue weighted by atomic mass is 9.88. The number of carbonyl (C=O) groups is 1. The quantitative estimate of drug-likeness (QED) is 0.263. The van der Waals surface area contributed by atoms with Crippen molar-refractivity contribution in [3.8, 4) is 5.75 Å². The molecule has 186 valence electrons. The highest BCUT2D eigenvalue weighted by molar-refractivity contribution is 5.86. The number of hydrogen-bond acceptors (Lipinski definition) is 3. The van der Waals surface area contributed by atoms with E-state index >= 15 is 0 Å². The number of carbonyl (C=O) groups excluding carboxylic acids is 1. The molecule has 37 heavy (non-hydrogen) atoms. The van der Waals surface area contributed by atoms with E-state index < -0.39 is 0 Å². The van der Waals surface area contributed by atoms with Crippen molar-refractivity contribution < 1.29 is 9.53 Å². The van der Waals surface area contributed by atoms with Gasteiger partial charge in [0.15, 0.2) is 0 Å². The Balaban J connectivity index is 1.44. The normalized spacial score (nSPS) is 11.8. The van der Waals surface area contributed by atoms with Crippen LogP contribution < -0.4 is 10.1 Å². The first-order valence-corrected chi connectivity index (χ1v) is 12.6. The largest absolute Gasteiger partial charge is 0.497 e. The van der Waals surface area contributed by atoms with Crippen molar-refractivity contribution in [2.45, 2.75) is 25.3 Å². The van der Waals surface area contributed by atoms with Crippen LogP contribution in [0.4, 0.5) is 0 Å². The van der Waals surface area contributed by atoms with Gasteiger partial charge < -0.3 is 14.6 Å². The summed E-state index contributed by atoms with van der Waals surface area (Å²) in [4.78, 5) is 17.5. The van der Waals surface area contributed by atoms with Crippen LogP contribution in [0.2, 0.25) is 0 Å². The molecule has 0 unspecified atom stereocenters. The number of amides is 1. The first-order valence-electron chi connectivity index (χ1n) is 12.6. The maximum atomic E-state index is 13.2. The number of pyridine rings is 1. The molecule has 0 radical (unpaired) electrons. The minimum absolute atomic E-state index is 0.0247. The van der Waals surface area contributed by atoms with E-state index in [4.69, 9.17) is 4.74 Å². The second-order valence-electron chi connectivity index (χ2n) is 9.17. The van der Waals surface area contributed by atoms with E-state index in [-0.39, 0.29) is 11.8 Å². The van der Waals surface area contributed by atoms with Crippen LogP contribution in [0.5, 0.6) is 5.75 Å². The molecule has 2 aromatic heterocycles. The van der Waals surface area contributed by atoms with E-state index in [9.17, 15) is 4.79 Å². The Kier molecular flexibility index (Phi) is 7.60. The van der Waals surface area contributed by atoms with Crippen molar-refractivity contribution in [2.24, 2.45) is 0 Å². The van der Waals surface area contributed by atoms with Gasteiger partial charge in [-0.2, -0.15) is 0 Å². The number of fused-ring (bicyclic) bond motifs is 1. The molecule has 5 rings (SSSR count). The summed E-state index contributed by atoms with van der Waals surface area (Å²) >= 11 is 0. The third-order valence-corrected chi connectivity index (χ3v) is 6.73. The first kappa shape index (κ1) is 24.3. The maximum absolute atomic E-state index is 13.2. The fourth-order valence-corrected chi connectivity index (χ4v) is 4.84. The van der Waals surface area contributed by atoms with E-state index in [1.54, 1.807) is 13.3 Å². The molecule has 0 bridgehead atoms. The number of benzene rings is 3. The van der Waals surface area contributed by atoms with E-state index in [0.717, 1.165) is 34.6 Å². The van der Waals surface area contributed by atoms with Gasteiger partial charge >= 0.3 is 0 Å². The number of rotatable bonds is 10. The highest BCUT2D eigenvalue weighted by Crippen LogP contribution is 2.35. The molecule has 5 nitrogen and oxygen atoms in total. The van der Waals surface area contributed by atoms with Crippen molar-refractivity contribution in [3.63, 3.8) is 0 Å². The number of hydrogen-bond donors (Lipinski definition) is 1. The summed E-state index contributed by atoms with van der Waals surface area (Å²) in [6.45, 7) is 1.33. The summed E-state index contributed by atoms with van der Waals surface area (Å²) in [5.41, 5.74) is 5.61. The maximum Gasteiger partial charge on any atom is 0.220 e. The number of nitrogens with zero attached hydrogens (tertiary/aromatic N) is 2. The zero-order chi connectivity index (χ0) is 25.5. The molecule has 0 fully saturated rings. The third-order valence-electron chi connectivity index (χ3n) is 6.73. The molecule has 3 aromatic carbocycles. The van der Waals surface area contributed by atoms with Crippen molar-refractivity contribution in [1.29, 1.82) is 0 Å². The van der Waals surface area contributed by atoms with E-state index in [1.807, 2.05) is 36.4 Å². The van der Waals surface area contributed by atoms with Crippen molar-refractivity contribution in [2.75, 3.05) is 13.7 Å². The van der Waals surface area contributed by atoms with Crippen LogP contribution in [-0.2, 0) is 17.8 Å². The minimum atomic E-state index is -0.0947. The molecule has 0 aliphatic carbocycles. The fourth-order valence-electron chi connectivity index (χ4n) is 4.84. The summed E-state index contributed by atoms with van der Waals surface area (Å²) in [5.74, 6) is 0.730. The van der Waals surface area contributed by atoms with Crippen LogP contribution >= 0.6 is 0 Å². The predicted octanol–water partition coefficient (Wildman–Crippen LogP) is 5.97. The Morgan fingerprint density at radius 2 is 1.68 bits per heavy atom. The Morgan fingerprint density at radius 3 is 2.43 bits per heavy atom. The Bertz CT molecular complexity index is 1440. The van der Waals surface area contributed by atoms with Crippen LogP contribution in [0.15, 0.2) is 109 Å². The lowest BCUT2D eigenvalue weighted by molar-refractivity contribution is -0.121. The second kappa shape index (κ2) is 11.6. The second-order valence-corrected chi connectivity index (χ2v) is 9.17. The average Bonchev–Trinajstić information content (AvgIpc) is 3.31. The molecule has 0 spiro atoms. The zero-order valence-corrected chi connectivity index (χ0v) is 21.0. The molecule has 1 atom stereocenters. The topological polar surface area (TPSA) is 56.1 Å². The van der Waals surface area contributed by atoms with Gasteiger partial charge in [0.25, 0.3) is 0 Å². The van der Waals surface area contributed by atoms with Gasteiger partial charge in [0, 0.05) is 60.8 Å². The summed E-state index contributed by atoms with van der Waals surface area (Å²) in [7, 11) is 1.67. The average molecular weight is 490 g/mol. The highest BCUT2D eigenvalue weighted by atomic mass is 16.5. The Hall–Kier alpha value is -4.38. The SMILES string of the molecule is COc1ccc([C@@H](CC(=O)NCCc2ccccn2)c2cn(Cc3ccccc3)c3ccccc23)cc1. The molecule has 0 saturated heterocycles. The number of methoxy groups -OCH3 is 1. The van der Waals surface area contributed by atoms with Gasteiger partial charge in [-0.1, -0.05) is 66.7 Å². The predicted molar refractivity (Wildman–Crippen MR) is 148 cm³/mol. The van der Waals surface area contributed by atoms with Crippen LogP contribution in [0, 0.1) is 0 Å². The molecule has 0 saturated carbocycles. The summed E-state index contributed by atoms with van der Waals surface area (Å²) in [6.07, 6.45) is 5.06. The highest BCUT2D eigenvalue weighted by Gasteiger charge is 2.23. The lowest BCUT2D eigenvalue weighted by Crippen LogP contribution is -2.27. The molecular weight excluding hydrogens is 458 g/mol. The summed E-state index contributed by atoms with van der Waals surface area (Å²) < 4.78 is 7.67. The summed E-state index contributed by atoms with van der Waals surface area (Å²) in [6, 6.07) is 32.8. The number of nitrogens with one attached hydrogen (secondary N) is 1. The van der Waals surface area contributed by atoms with Gasteiger partial charge in [0.05, 0.1) is 7.11 Å². The smallest absolute Gasteiger partial charge is 0.220 e. The zero-order valence-electron chi connectivity index (χ0n) is 21.0. The van der Waals surface area contributed by atoms with Gasteiger partial charge in [-0.3, -0.25) is 9.78 Å². The molecular formula is C32H31N3O2. The van der Waals surface area contributed by atoms with Crippen molar-refractivity contribution >= 4 is 16.8 Å². The number of para-hydroxylation sites is 1. The van der Waals surface area contributed by atoms with Crippen molar-refractivity contribution in [3.05, 3.63) is 132 Å². The first-order chi connectivity index (χ1) is 18.2.